The zero-order valence-corrected chi connectivity index (χ0v) is 10.8. The van der Waals surface area contributed by atoms with Crippen molar-refractivity contribution in [2.24, 2.45) is 0 Å². The molecule has 102 valence electrons. The smallest absolute Gasteiger partial charge is 0.290 e. The van der Waals surface area contributed by atoms with Crippen molar-refractivity contribution in [3.63, 3.8) is 0 Å². The summed E-state index contributed by atoms with van der Waals surface area (Å²) in [5.74, 6) is 0.796. The van der Waals surface area contributed by atoms with Crippen LogP contribution in [-0.4, -0.2) is 14.7 Å². The molecule has 0 aliphatic rings. The van der Waals surface area contributed by atoms with E-state index >= 15 is 0 Å². The Hall–Kier alpha value is -2.88. The summed E-state index contributed by atoms with van der Waals surface area (Å²) in [5, 5.41) is 23.8. The standard InChI is InChI=1S/C13H12N4O3/c1-2-5-16-9-12(8-15-16)20-11-4-3-10(7-14)13(6-11)17(18)19/h3-4,6,8-9H,2,5H2,1H3. The van der Waals surface area contributed by atoms with Gasteiger partial charge < -0.3 is 4.74 Å². The number of benzene rings is 1. The molecule has 0 aliphatic heterocycles. The fourth-order valence-corrected chi connectivity index (χ4v) is 1.71. The fourth-order valence-electron chi connectivity index (χ4n) is 1.71. The Kier molecular flexibility index (Phi) is 3.96. The predicted octanol–water partition coefficient (Wildman–Crippen LogP) is 2.87. The van der Waals surface area contributed by atoms with E-state index in [0.29, 0.717) is 11.5 Å². The van der Waals surface area contributed by atoms with E-state index in [4.69, 9.17) is 10.00 Å². The highest BCUT2D eigenvalue weighted by molar-refractivity contribution is 5.52. The summed E-state index contributed by atoms with van der Waals surface area (Å²) in [7, 11) is 0. The Morgan fingerprint density at radius 3 is 2.95 bits per heavy atom. The molecular formula is C13H12N4O3. The molecule has 0 saturated carbocycles. The van der Waals surface area contributed by atoms with Gasteiger partial charge in [0.1, 0.15) is 17.4 Å². The summed E-state index contributed by atoms with van der Waals surface area (Å²) in [4.78, 5) is 10.3. The number of hydrogen-bond acceptors (Lipinski definition) is 5. The molecule has 0 bridgehead atoms. The van der Waals surface area contributed by atoms with E-state index in [2.05, 4.69) is 5.10 Å². The molecule has 7 heteroatoms. The molecule has 1 aromatic heterocycles. The Balaban J connectivity index is 2.23. The third-order valence-electron chi connectivity index (χ3n) is 2.58. The highest BCUT2D eigenvalue weighted by Gasteiger charge is 2.15. The van der Waals surface area contributed by atoms with Crippen molar-refractivity contribution in [2.45, 2.75) is 19.9 Å². The largest absolute Gasteiger partial charge is 0.454 e. The monoisotopic (exact) mass is 272 g/mol. The molecule has 0 amide bonds. The second-order valence-corrected chi connectivity index (χ2v) is 4.09. The summed E-state index contributed by atoms with van der Waals surface area (Å²) in [5.41, 5.74) is -0.269. The minimum absolute atomic E-state index is 0.00373. The van der Waals surface area contributed by atoms with Crippen LogP contribution in [0, 0.1) is 21.4 Å². The first-order chi connectivity index (χ1) is 9.63. The zero-order chi connectivity index (χ0) is 14.5. The van der Waals surface area contributed by atoms with Crippen LogP contribution in [0.4, 0.5) is 5.69 Å². The van der Waals surface area contributed by atoms with Crippen molar-refractivity contribution in [1.29, 1.82) is 5.26 Å². The molecule has 1 aromatic carbocycles. The van der Waals surface area contributed by atoms with Gasteiger partial charge in [-0.05, 0) is 18.6 Å². The summed E-state index contributed by atoms with van der Waals surface area (Å²) < 4.78 is 7.23. The third-order valence-corrected chi connectivity index (χ3v) is 2.58. The van der Waals surface area contributed by atoms with Crippen molar-refractivity contribution in [3.05, 3.63) is 46.3 Å². The quantitative estimate of drug-likeness (QED) is 0.616. The van der Waals surface area contributed by atoms with Gasteiger partial charge in [-0.2, -0.15) is 10.4 Å². The molecule has 7 nitrogen and oxygen atoms in total. The molecule has 0 spiro atoms. The Morgan fingerprint density at radius 1 is 1.50 bits per heavy atom. The van der Waals surface area contributed by atoms with Crippen LogP contribution in [-0.2, 0) is 6.54 Å². The number of nitro benzene ring substituents is 1. The third kappa shape index (κ3) is 2.92. The molecule has 0 N–H and O–H groups in total. The second kappa shape index (κ2) is 5.84. The van der Waals surface area contributed by atoms with Gasteiger partial charge in [0.25, 0.3) is 5.69 Å². The molecule has 0 saturated heterocycles. The van der Waals surface area contributed by atoms with Crippen LogP contribution in [0.1, 0.15) is 18.9 Å². The van der Waals surface area contributed by atoms with Gasteiger partial charge in [-0.3, -0.25) is 14.8 Å². The van der Waals surface area contributed by atoms with E-state index in [-0.39, 0.29) is 11.3 Å². The van der Waals surface area contributed by atoms with Crippen molar-refractivity contribution >= 4 is 5.69 Å². The number of nitriles is 1. The maximum atomic E-state index is 10.9. The van der Waals surface area contributed by atoms with E-state index in [0.717, 1.165) is 13.0 Å². The maximum Gasteiger partial charge on any atom is 0.290 e. The average Bonchev–Trinajstić information content (AvgIpc) is 2.86. The van der Waals surface area contributed by atoms with Crippen LogP contribution in [0.25, 0.3) is 0 Å². The second-order valence-electron chi connectivity index (χ2n) is 4.09. The lowest BCUT2D eigenvalue weighted by molar-refractivity contribution is -0.385. The molecule has 2 aromatic rings. The topological polar surface area (TPSA) is 94.0 Å². The van der Waals surface area contributed by atoms with Gasteiger partial charge in [0.05, 0.1) is 23.4 Å². The average molecular weight is 272 g/mol. The molecule has 0 fully saturated rings. The Morgan fingerprint density at radius 2 is 2.30 bits per heavy atom. The molecule has 0 radical (unpaired) electrons. The summed E-state index contributed by atoms with van der Waals surface area (Å²) in [6.07, 6.45) is 4.21. The first-order valence-electron chi connectivity index (χ1n) is 6.03. The molecule has 20 heavy (non-hydrogen) atoms. The van der Waals surface area contributed by atoms with Crippen molar-refractivity contribution < 1.29 is 9.66 Å². The molecule has 0 unspecified atom stereocenters. The van der Waals surface area contributed by atoms with Gasteiger partial charge in [-0.1, -0.05) is 6.92 Å². The van der Waals surface area contributed by atoms with Crippen LogP contribution in [0.5, 0.6) is 11.5 Å². The minimum Gasteiger partial charge on any atom is -0.454 e. The van der Waals surface area contributed by atoms with Crippen molar-refractivity contribution in [2.75, 3.05) is 0 Å². The lowest BCUT2D eigenvalue weighted by Crippen LogP contribution is -1.95. The normalized spacial score (nSPS) is 10.0. The summed E-state index contributed by atoms with van der Waals surface area (Å²) in [6, 6.07) is 5.89. The predicted molar refractivity (Wildman–Crippen MR) is 70.4 cm³/mol. The van der Waals surface area contributed by atoms with Crippen LogP contribution in [0.15, 0.2) is 30.6 Å². The highest BCUT2D eigenvalue weighted by Crippen LogP contribution is 2.27. The van der Waals surface area contributed by atoms with Crippen LogP contribution >= 0.6 is 0 Å². The first kappa shape index (κ1) is 13.5. The number of hydrogen-bond donors (Lipinski definition) is 0. The van der Waals surface area contributed by atoms with Gasteiger partial charge in [-0.15, -0.1) is 0 Å². The molecule has 1 heterocycles. The van der Waals surface area contributed by atoms with Gasteiger partial charge in [0, 0.05) is 6.54 Å². The molecular weight excluding hydrogens is 260 g/mol. The van der Waals surface area contributed by atoms with E-state index in [1.54, 1.807) is 23.1 Å². The van der Waals surface area contributed by atoms with E-state index in [1.165, 1.54) is 18.2 Å². The van der Waals surface area contributed by atoms with Crippen molar-refractivity contribution in [1.82, 2.24) is 9.78 Å². The molecule has 0 atom stereocenters. The summed E-state index contributed by atoms with van der Waals surface area (Å²) >= 11 is 0. The van der Waals surface area contributed by atoms with Gasteiger partial charge in [0.2, 0.25) is 0 Å². The molecule has 2 rings (SSSR count). The fraction of sp³-hybridized carbons (Fsp3) is 0.231. The van der Waals surface area contributed by atoms with Gasteiger partial charge in [-0.25, -0.2) is 0 Å². The SMILES string of the molecule is CCCn1cc(Oc2ccc(C#N)c([N+](=O)[O-])c2)cn1. The Labute approximate surface area is 115 Å². The lowest BCUT2D eigenvalue weighted by Gasteiger charge is -2.03. The number of aryl methyl sites for hydroxylation is 1. The van der Waals surface area contributed by atoms with Crippen LogP contribution < -0.4 is 4.74 Å². The minimum atomic E-state index is -0.605. The van der Waals surface area contributed by atoms with Gasteiger partial charge in [0.15, 0.2) is 5.75 Å². The lowest BCUT2D eigenvalue weighted by atomic mass is 10.2. The van der Waals surface area contributed by atoms with E-state index < -0.39 is 4.92 Å². The maximum absolute atomic E-state index is 10.9. The number of ether oxygens (including phenoxy) is 1. The highest BCUT2D eigenvalue weighted by atomic mass is 16.6. The zero-order valence-electron chi connectivity index (χ0n) is 10.8. The van der Waals surface area contributed by atoms with Crippen LogP contribution in [0.3, 0.4) is 0 Å². The van der Waals surface area contributed by atoms with E-state index in [9.17, 15) is 10.1 Å². The number of nitrogens with zero attached hydrogens (tertiary/aromatic N) is 4. The molecule has 0 aliphatic carbocycles. The number of nitro groups is 1. The summed E-state index contributed by atoms with van der Waals surface area (Å²) in [6.45, 7) is 2.81. The number of rotatable bonds is 5. The Bertz CT molecular complexity index is 672. The number of aromatic nitrogens is 2. The van der Waals surface area contributed by atoms with Crippen molar-refractivity contribution in [3.8, 4) is 17.6 Å². The van der Waals surface area contributed by atoms with Gasteiger partial charge >= 0.3 is 0 Å². The van der Waals surface area contributed by atoms with E-state index in [1.807, 2.05) is 6.92 Å². The van der Waals surface area contributed by atoms with Crippen LogP contribution in [0.2, 0.25) is 0 Å². The first-order valence-corrected chi connectivity index (χ1v) is 6.03.